The molecule has 0 spiro atoms. The molecule has 1 N–H and O–H groups in total. The van der Waals surface area contributed by atoms with Crippen LogP contribution in [0.4, 0.5) is 11.7 Å². The number of nitrogens with zero attached hydrogens (tertiary/aromatic N) is 4. The number of nitriles is 1. The van der Waals surface area contributed by atoms with E-state index in [9.17, 15) is 14.9 Å². The van der Waals surface area contributed by atoms with E-state index in [1.165, 1.54) is 10.6 Å². The Morgan fingerprint density at radius 3 is 2.71 bits per heavy atom. The van der Waals surface area contributed by atoms with E-state index in [4.69, 9.17) is 4.42 Å². The molecule has 1 amide bonds. The molecule has 2 aromatic carbocycles. The lowest BCUT2D eigenvalue weighted by Crippen LogP contribution is -2.27. The van der Waals surface area contributed by atoms with E-state index in [0.29, 0.717) is 28.1 Å². The number of benzene rings is 2. The quantitative estimate of drug-likeness (QED) is 0.460. The molecule has 174 valence electrons. The van der Waals surface area contributed by atoms with Crippen molar-refractivity contribution in [1.82, 2.24) is 14.5 Å². The van der Waals surface area contributed by atoms with E-state index < -0.39 is 0 Å². The smallest absolute Gasteiger partial charge is 0.299 e. The summed E-state index contributed by atoms with van der Waals surface area (Å²) in [5, 5.41) is 12.7. The van der Waals surface area contributed by atoms with Gasteiger partial charge in [-0.25, -0.2) is 4.98 Å². The van der Waals surface area contributed by atoms with E-state index in [0.717, 1.165) is 37.2 Å². The fraction of sp³-hybridized carbons (Fsp3) is 0.185. The van der Waals surface area contributed by atoms with Gasteiger partial charge in [-0.1, -0.05) is 12.1 Å². The van der Waals surface area contributed by atoms with Gasteiger partial charge < -0.3 is 14.6 Å². The molecule has 4 aromatic rings. The van der Waals surface area contributed by atoms with Gasteiger partial charge in [0.05, 0.1) is 17.4 Å². The lowest BCUT2D eigenvalue weighted by Gasteiger charge is -2.16. The average molecular weight is 466 g/mol. The molecule has 1 saturated heterocycles. The van der Waals surface area contributed by atoms with Gasteiger partial charge in [0.15, 0.2) is 5.76 Å². The van der Waals surface area contributed by atoms with Gasteiger partial charge in [-0.3, -0.25) is 14.2 Å². The van der Waals surface area contributed by atoms with Crippen molar-refractivity contribution < 1.29 is 9.21 Å². The third-order valence-electron chi connectivity index (χ3n) is 6.11. The van der Waals surface area contributed by atoms with Crippen LogP contribution in [0.15, 0.2) is 76.2 Å². The standard InChI is InChI=1S/C27H23N5O3/c1-18-7-8-20(26(34)31-11-4-5-12-31)14-22(18)30-27-29-17-24(35-27)19-9-10-21(16-28)23(15-19)32-13-3-2-6-25(32)33/h2-3,6-10,13-15,17H,4-5,11-12H2,1H3,(H,29,30). The molecule has 0 saturated carbocycles. The molecule has 5 rings (SSSR count). The summed E-state index contributed by atoms with van der Waals surface area (Å²) in [5.74, 6) is 0.504. The van der Waals surface area contributed by atoms with Crippen molar-refractivity contribution in [2.75, 3.05) is 18.4 Å². The van der Waals surface area contributed by atoms with Crippen LogP contribution in [0, 0.1) is 18.3 Å². The fourth-order valence-corrected chi connectivity index (χ4v) is 4.18. The Hall–Kier alpha value is -4.64. The Morgan fingerprint density at radius 2 is 1.94 bits per heavy atom. The molecule has 0 bridgehead atoms. The lowest BCUT2D eigenvalue weighted by atomic mass is 10.1. The number of anilines is 2. The Kier molecular flexibility index (Phi) is 5.90. The highest BCUT2D eigenvalue weighted by molar-refractivity contribution is 5.95. The topological polar surface area (TPSA) is 104 Å². The van der Waals surface area contributed by atoms with E-state index in [2.05, 4.69) is 16.4 Å². The van der Waals surface area contributed by atoms with E-state index in [1.54, 1.807) is 42.7 Å². The molecule has 1 fully saturated rings. The molecule has 0 aliphatic carbocycles. The number of hydrogen-bond acceptors (Lipinski definition) is 6. The molecule has 2 aromatic heterocycles. The second-order valence-corrected chi connectivity index (χ2v) is 8.44. The summed E-state index contributed by atoms with van der Waals surface area (Å²) in [6, 6.07) is 17.9. The number of oxazole rings is 1. The number of carbonyl (C=O) groups is 1. The first kappa shape index (κ1) is 22.2. The molecule has 3 heterocycles. The van der Waals surface area contributed by atoms with E-state index in [-0.39, 0.29) is 17.5 Å². The largest absolute Gasteiger partial charge is 0.423 e. The Labute approximate surface area is 202 Å². The van der Waals surface area contributed by atoms with Crippen LogP contribution in [0.25, 0.3) is 17.0 Å². The third-order valence-corrected chi connectivity index (χ3v) is 6.11. The first-order chi connectivity index (χ1) is 17.0. The van der Waals surface area contributed by atoms with Crippen LogP contribution >= 0.6 is 0 Å². The molecule has 8 nitrogen and oxygen atoms in total. The molecular formula is C27H23N5O3. The fourth-order valence-electron chi connectivity index (χ4n) is 4.18. The molecule has 1 aliphatic rings. The molecule has 0 unspecified atom stereocenters. The van der Waals surface area contributed by atoms with Gasteiger partial charge >= 0.3 is 0 Å². The SMILES string of the molecule is Cc1ccc(C(=O)N2CCCC2)cc1Nc1ncc(-c2ccc(C#N)c(-n3ccccc3=O)c2)o1. The predicted molar refractivity (Wildman–Crippen MR) is 132 cm³/mol. The van der Waals surface area contributed by atoms with Gasteiger partial charge in [0.1, 0.15) is 6.07 Å². The van der Waals surface area contributed by atoms with E-state index >= 15 is 0 Å². The normalized spacial score (nSPS) is 13.0. The number of amides is 1. The minimum absolute atomic E-state index is 0.0277. The van der Waals surface area contributed by atoms with Crippen LogP contribution in [0.3, 0.4) is 0 Å². The molecule has 0 atom stereocenters. The van der Waals surface area contributed by atoms with Gasteiger partial charge in [0.25, 0.3) is 17.5 Å². The third kappa shape index (κ3) is 4.44. The monoisotopic (exact) mass is 465 g/mol. The zero-order chi connectivity index (χ0) is 24.4. The molecule has 35 heavy (non-hydrogen) atoms. The predicted octanol–water partition coefficient (Wildman–Crippen LogP) is 4.65. The van der Waals surface area contributed by atoms with Gasteiger partial charge in [-0.05, 0) is 61.7 Å². The summed E-state index contributed by atoms with van der Waals surface area (Å²) in [6.45, 7) is 3.53. The second kappa shape index (κ2) is 9.31. The van der Waals surface area contributed by atoms with Crippen LogP contribution < -0.4 is 10.9 Å². The molecular weight excluding hydrogens is 442 g/mol. The van der Waals surface area contributed by atoms with Crippen molar-refractivity contribution >= 4 is 17.6 Å². The number of aryl methyl sites for hydroxylation is 1. The minimum atomic E-state index is -0.236. The summed E-state index contributed by atoms with van der Waals surface area (Å²) in [6.07, 6.45) is 5.28. The molecule has 1 aliphatic heterocycles. The summed E-state index contributed by atoms with van der Waals surface area (Å²) >= 11 is 0. The Bertz CT molecular complexity index is 1510. The zero-order valence-electron chi connectivity index (χ0n) is 19.2. The van der Waals surface area contributed by atoms with Crippen LogP contribution in [-0.2, 0) is 0 Å². The van der Waals surface area contributed by atoms with Gasteiger partial charge in [0, 0.05) is 42.2 Å². The van der Waals surface area contributed by atoms with Crippen molar-refractivity contribution in [3.05, 3.63) is 94.0 Å². The zero-order valence-corrected chi connectivity index (χ0v) is 19.2. The average Bonchev–Trinajstić information content (AvgIpc) is 3.58. The van der Waals surface area contributed by atoms with Crippen LogP contribution in [0.1, 0.15) is 34.3 Å². The van der Waals surface area contributed by atoms with Crippen molar-refractivity contribution in [1.29, 1.82) is 5.26 Å². The summed E-state index contributed by atoms with van der Waals surface area (Å²) in [5.41, 5.74) is 3.58. The maximum Gasteiger partial charge on any atom is 0.299 e. The van der Waals surface area contributed by atoms with Crippen molar-refractivity contribution in [3.8, 4) is 23.1 Å². The highest BCUT2D eigenvalue weighted by Crippen LogP contribution is 2.29. The maximum absolute atomic E-state index is 12.8. The number of rotatable bonds is 5. The maximum atomic E-state index is 12.8. The second-order valence-electron chi connectivity index (χ2n) is 8.44. The first-order valence-electron chi connectivity index (χ1n) is 11.4. The summed E-state index contributed by atoms with van der Waals surface area (Å²) in [7, 11) is 0. The highest BCUT2D eigenvalue weighted by Gasteiger charge is 2.20. The highest BCUT2D eigenvalue weighted by atomic mass is 16.4. The van der Waals surface area contributed by atoms with Crippen molar-refractivity contribution in [2.45, 2.75) is 19.8 Å². The van der Waals surface area contributed by atoms with Gasteiger partial charge in [-0.15, -0.1) is 0 Å². The Balaban J connectivity index is 1.42. The van der Waals surface area contributed by atoms with Crippen molar-refractivity contribution in [3.63, 3.8) is 0 Å². The van der Waals surface area contributed by atoms with Crippen molar-refractivity contribution in [2.24, 2.45) is 0 Å². The van der Waals surface area contributed by atoms with Crippen LogP contribution in [0.5, 0.6) is 0 Å². The van der Waals surface area contributed by atoms with Crippen LogP contribution in [-0.4, -0.2) is 33.4 Å². The first-order valence-corrected chi connectivity index (χ1v) is 11.4. The number of likely N-dealkylation sites (tertiary alicyclic amines) is 1. The van der Waals surface area contributed by atoms with Crippen LogP contribution in [0.2, 0.25) is 0 Å². The number of pyridine rings is 1. The van der Waals surface area contributed by atoms with Gasteiger partial charge in [-0.2, -0.15) is 5.26 Å². The molecule has 8 heteroatoms. The minimum Gasteiger partial charge on any atom is -0.423 e. The molecule has 0 radical (unpaired) electrons. The summed E-state index contributed by atoms with van der Waals surface area (Å²) < 4.78 is 7.36. The van der Waals surface area contributed by atoms with Gasteiger partial charge in [0.2, 0.25) is 0 Å². The Morgan fingerprint density at radius 1 is 1.11 bits per heavy atom. The van der Waals surface area contributed by atoms with E-state index in [1.807, 2.05) is 30.0 Å². The summed E-state index contributed by atoms with van der Waals surface area (Å²) in [4.78, 5) is 31.3. The number of hydrogen-bond donors (Lipinski definition) is 1. The number of aromatic nitrogens is 2. The number of carbonyl (C=O) groups excluding carboxylic acids is 1. The number of nitrogens with one attached hydrogen (secondary N) is 1. The lowest BCUT2D eigenvalue weighted by molar-refractivity contribution is 0.0793.